The molecule has 0 aliphatic carbocycles. The third-order valence-electron chi connectivity index (χ3n) is 9.16. The van der Waals surface area contributed by atoms with Gasteiger partial charge < -0.3 is 9.13 Å². The first-order valence-electron chi connectivity index (χ1n) is 15.5. The molecule has 0 unspecified atom stereocenters. The molecule has 2 heterocycles. The highest BCUT2D eigenvalue weighted by atomic mass is 15.0. The van der Waals surface area contributed by atoms with Crippen molar-refractivity contribution in [2.24, 2.45) is 0 Å². The van der Waals surface area contributed by atoms with E-state index in [1.165, 1.54) is 43.7 Å². The molecule has 3 heteroatoms. The molecule has 0 bridgehead atoms. The molecule has 3 nitrogen and oxygen atoms in total. The summed E-state index contributed by atoms with van der Waals surface area (Å²) in [5, 5.41) is 14.7. The molecule has 0 radical (unpaired) electrons. The monoisotopic (exact) mass is 585 g/mol. The maximum atomic E-state index is 9.78. The highest BCUT2D eigenvalue weighted by Gasteiger charge is 2.18. The van der Waals surface area contributed by atoms with Crippen LogP contribution >= 0.6 is 0 Å². The summed E-state index contributed by atoms with van der Waals surface area (Å²) in [6.07, 6.45) is 0. The number of aromatic nitrogens is 2. The summed E-state index contributed by atoms with van der Waals surface area (Å²) < 4.78 is 4.73. The molecule has 0 aliphatic rings. The van der Waals surface area contributed by atoms with Crippen molar-refractivity contribution >= 4 is 43.6 Å². The number of rotatable bonds is 4. The first-order chi connectivity index (χ1) is 22.8. The summed E-state index contributed by atoms with van der Waals surface area (Å²) in [5.74, 6) is 0. The van der Waals surface area contributed by atoms with Gasteiger partial charge in [-0.15, -0.1) is 0 Å². The zero-order valence-corrected chi connectivity index (χ0v) is 24.9. The summed E-state index contributed by atoms with van der Waals surface area (Å²) in [6.45, 7) is 0. The topological polar surface area (TPSA) is 33.6 Å². The van der Waals surface area contributed by atoms with E-state index in [-0.39, 0.29) is 0 Å². The number of nitrogens with zero attached hydrogens (tertiary/aromatic N) is 3. The van der Waals surface area contributed by atoms with E-state index in [0.717, 1.165) is 33.5 Å². The molecule has 214 valence electrons. The smallest absolute Gasteiger partial charge is 0.0998 e. The van der Waals surface area contributed by atoms with Gasteiger partial charge in [0.2, 0.25) is 0 Å². The number of hydrogen-bond acceptors (Lipinski definition) is 1. The van der Waals surface area contributed by atoms with Gasteiger partial charge in [-0.3, -0.25) is 0 Å². The van der Waals surface area contributed by atoms with E-state index < -0.39 is 0 Å². The first-order valence-corrected chi connectivity index (χ1v) is 15.5. The summed E-state index contributed by atoms with van der Waals surface area (Å²) in [5.41, 5.74) is 11.9. The van der Waals surface area contributed by atoms with E-state index in [1.54, 1.807) is 0 Å². The van der Waals surface area contributed by atoms with Gasteiger partial charge in [0.15, 0.2) is 0 Å². The number of para-hydroxylation sites is 3. The molecular formula is C43H27N3. The highest BCUT2D eigenvalue weighted by Crippen LogP contribution is 2.40. The molecule has 0 N–H and O–H groups in total. The molecule has 46 heavy (non-hydrogen) atoms. The first kappa shape index (κ1) is 26.1. The predicted molar refractivity (Wildman–Crippen MR) is 191 cm³/mol. The molecule has 0 spiro atoms. The Balaban J connectivity index is 1.27. The van der Waals surface area contributed by atoms with Crippen molar-refractivity contribution in [2.75, 3.05) is 0 Å². The highest BCUT2D eigenvalue weighted by molar-refractivity contribution is 6.16. The van der Waals surface area contributed by atoms with Gasteiger partial charge in [-0.2, -0.15) is 5.26 Å². The average molecular weight is 586 g/mol. The second kappa shape index (κ2) is 10.4. The number of benzene rings is 7. The summed E-state index contributed by atoms with van der Waals surface area (Å²) in [4.78, 5) is 0. The zero-order chi connectivity index (χ0) is 30.6. The lowest BCUT2D eigenvalue weighted by atomic mass is 9.99. The predicted octanol–water partition coefficient (Wildman–Crippen LogP) is 11.1. The van der Waals surface area contributed by atoms with Crippen molar-refractivity contribution in [3.05, 3.63) is 169 Å². The summed E-state index contributed by atoms with van der Waals surface area (Å²) in [7, 11) is 0. The van der Waals surface area contributed by atoms with Crippen molar-refractivity contribution in [1.29, 1.82) is 5.26 Å². The lowest BCUT2D eigenvalue weighted by Gasteiger charge is -2.12. The Morgan fingerprint density at radius 1 is 0.391 bits per heavy atom. The zero-order valence-electron chi connectivity index (χ0n) is 24.9. The Hall–Kier alpha value is -6.37. The van der Waals surface area contributed by atoms with Gasteiger partial charge in [0.05, 0.1) is 33.7 Å². The Labute approximate surface area is 266 Å². The Morgan fingerprint density at radius 3 is 1.50 bits per heavy atom. The molecule has 0 fully saturated rings. The van der Waals surface area contributed by atoms with Crippen molar-refractivity contribution in [3.8, 4) is 39.7 Å². The maximum Gasteiger partial charge on any atom is 0.0998 e. The minimum Gasteiger partial charge on any atom is -0.309 e. The molecule has 7 aromatic carbocycles. The summed E-state index contributed by atoms with van der Waals surface area (Å²) in [6, 6.07) is 60.1. The van der Waals surface area contributed by atoms with Crippen LogP contribution in [0.2, 0.25) is 0 Å². The molecule has 9 aromatic rings. The SMILES string of the molecule is N#Cc1ccccc1-c1cccc(-n2c3ccccc3c3c(-c4cccc(-n5c6ccccc6c6ccccc65)c4)cccc32)c1. The Kier molecular flexibility index (Phi) is 5.88. The molecule has 2 aromatic heterocycles. The van der Waals surface area contributed by atoms with E-state index >= 15 is 0 Å². The fourth-order valence-corrected chi connectivity index (χ4v) is 7.20. The largest absolute Gasteiger partial charge is 0.309 e. The molecular weight excluding hydrogens is 558 g/mol. The maximum absolute atomic E-state index is 9.78. The van der Waals surface area contributed by atoms with E-state index in [9.17, 15) is 5.26 Å². The standard InChI is InChI=1S/C43H27N3/c44-28-31-12-1-2-17-34(31)29-13-9-16-33(26-29)46-41-24-8-5-20-38(41)43-35(21-11-25-42(43)46)30-14-10-15-32(27-30)45-39-22-6-3-18-36(39)37-19-4-7-23-40(37)45/h1-27H. The van der Waals surface area contributed by atoms with Gasteiger partial charge >= 0.3 is 0 Å². The fourth-order valence-electron chi connectivity index (χ4n) is 7.20. The molecule has 0 saturated heterocycles. The van der Waals surface area contributed by atoms with Gasteiger partial charge in [0.25, 0.3) is 0 Å². The van der Waals surface area contributed by atoms with E-state index in [0.29, 0.717) is 5.56 Å². The number of fused-ring (bicyclic) bond motifs is 6. The third kappa shape index (κ3) is 3.91. The van der Waals surface area contributed by atoms with Crippen LogP contribution in [0.15, 0.2) is 164 Å². The third-order valence-corrected chi connectivity index (χ3v) is 9.16. The fraction of sp³-hybridized carbons (Fsp3) is 0. The normalized spacial score (nSPS) is 11.5. The van der Waals surface area contributed by atoms with Crippen molar-refractivity contribution in [1.82, 2.24) is 9.13 Å². The second-order valence-corrected chi connectivity index (χ2v) is 11.7. The molecule has 9 rings (SSSR count). The molecule has 0 amide bonds. The van der Waals surface area contributed by atoms with Crippen LogP contribution in [0.25, 0.3) is 77.2 Å². The van der Waals surface area contributed by atoms with Crippen LogP contribution in [0, 0.1) is 11.3 Å². The number of nitriles is 1. The lowest BCUT2D eigenvalue weighted by molar-refractivity contribution is 1.18. The minimum atomic E-state index is 0.673. The van der Waals surface area contributed by atoms with Crippen molar-refractivity contribution in [2.45, 2.75) is 0 Å². The van der Waals surface area contributed by atoms with Gasteiger partial charge in [0.1, 0.15) is 0 Å². The second-order valence-electron chi connectivity index (χ2n) is 11.7. The average Bonchev–Trinajstić information content (AvgIpc) is 3.65. The Morgan fingerprint density at radius 2 is 0.848 bits per heavy atom. The van der Waals surface area contributed by atoms with Gasteiger partial charge in [-0.1, -0.05) is 109 Å². The van der Waals surface area contributed by atoms with Crippen molar-refractivity contribution < 1.29 is 0 Å². The van der Waals surface area contributed by atoms with Crippen LogP contribution in [0.4, 0.5) is 0 Å². The van der Waals surface area contributed by atoms with Crippen LogP contribution in [0.3, 0.4) is 0 Å². The van der Waals surface area contributed by atoms with Crippen LogP contribution < -0.4 is 0 Å². The van der Waals surface area contributed by atoms with Gasteiger partial charge in [0, 0.05) is 32.9 Å². The number of hydrogen-bond donors (Lipinski definition) is 0. The van der Waals surface area contributed by atoms with Crippen LogP contribution in [0.5, 0.6) is 0 Å². The lowest BCUT2D eigenvalue weighted by Crippen LogP contribution is -1.95. The quantitative estimate of drug-likeness (QED) is 0.202. The van der Waals surface area contributed by atoms with E-state index in [1.807, 2.05) is 24.3 Å². The van der Waals surface area contributed by atoms with Gasteiger partial charge in [-0.25, -0.2) is 0 Å². The van der Waals surface area contributed by atoms with Crippen molar-refractivity contribution in [3.63, 3.8) is 0 Å². The Bertz CT molecular complexity index is 2610. The molecule has 0 aliphatic heterocycles. The van der Waals surface area contributed by atoms with Crippen LogP contribution in [0.1, 0.15) is 5.56 Å². The van der Waals surface area contributed by atoms with Crippen LogP contribution in [-0.4, -0.2) is 9.13 Å². The van der Waals surface area contributed by atoms with Gasteiger partial charge in [-0.05, 0) is 76.9 Å². The molecule has 0 saturated carbocycles. The van der Waals surface area contributed by atoms with E-state index in [2.05, 4.69) is 155 Å². The van der Waals surface area contributed by atoms with E-state index in [4.69, 9.17) is 0 Å². The van der Waals surface area contributed by atoms with Crippen LogP contribution in [-0.2, 0) is 0 Å². The molecule has 0 atom stereocenters. The minimum absolute atomic E-state index is 0.673. The summed E-state index contributed by atoms with van der Waals surface area (Å²) >= 11 is 0.